The number of nitrogens with zero attached hydrogens (tertiary/aromatic N) is 5. The number of aromatic amines is 1. The predicted octanol–water partition coefficient (Wildman–Crippen LogP) is 3.42. The number of hydrogen-bond acceptors (Lipinski definition) is 6. The van der Waals surface area contributed by atoms with Gasteiger partial charge in [-0.3, -0.25) is 4.79 Å². The summed E-state index contributed by atoms with van der Waals surface area (Å²) in [6.07, 6.45) is 0. The molecule has 150 valence electrons. The van der Waals surface area contributed by atoms with Gasteiger partial charge >= 0.3 is 0 Å². The molecule has 0 unspecified atom stereocenters. The van der Waals surface area contributed by atoms with Crippen LogP contribution in [0.2, 0.25) is 0 Å². The lowest BCUT2D eigenvalue weighted by atomic mass is 9.85. The van der Waals surface area contributed by atoms with E-state index in [2.05, 4.69) is 76.1 Å². The number of rotatable bonds is 2. The van der Waals surface area contributed by atoms with Crippen LogP contribution in [0.4, 0.5) is 11.6 Å². The van der Waals surface area contributed by atoms with Crippen LogP contribution in [0.3, 0.4) is 0 Å². The number of nitrogens with one attached hydrogen (secondary N) is 2. The fourth-order valence-electron chi connectivity index (χ4n) is 3.83. The summed E-state index contributed by atoms with van der Waals surface area (Å²) in [7, 11) is 0. The molecular formula is C22H21N7O. The van der Waals surface area contributed by atoms with Gasteiger partial charge in [-0.15, -0.1) is 0 Å². The second-order valence-corrected chi connectivity index (χ2v) is 8.40. The van der Waals surface area contributed by atoms with Crippen molar-refractivity contribution in [2.24, 2.45) is 0 Å². The van der Waals surface area contributed by atoms with E-state index < -0.39 is 0 Å². The molecule has 0 bridgehead atoms. The van der Waals surface area contributed by atoms with Gasteiger partial charge in [0.2, 0.25) is 5.95 Å². The van der Waals surface area contributed by atoms with Crippen LogP contribution >= 0.6 is 0 Å². The molecule has 2 N–H and O–H groups in total. The van der Waals surface area contributed by atoms with E-state index in [4.69, 9.17) is 0 Å². The van der Waals surface area contributed by atoms with E-state index in [-0.39, 0.29) is 17.0 Å². The molecule has 2 aromatic carbocycles. The molecule has 0 amide bonds. The molecule has 30 heavy (non-hydrogen) atoms. The van der Waals surface area contributed by atoms with E-state index in [1.54, 1.807) is 4.68 Å². The molecule has 0 radical (unpaired) electrons. The first kappa shape index (κ1) is 18.2. The van der Waals surface area contributed by atoms with Gasteiger partial charge in [-0.25, -0.2) is 5.10 Å². The van der Waals surface area contributed by atoms with Crippen molar-refractivity contribution in [3.63, 3.8) is 0 Å². The highest BCUT2D eigenvalue weighted by Gasteiger charge is 2.34. The molecule has 8 heteroatoms. The molecule has 3 heterocycles. The zero-order valence-corrected chi connectivity index (χ0v) is 16.9. The van der Waals surface area contributed by atoms with Crippen molar-refractivity contribution in [1.82, 2.24) is 30.4 Å². The maximum absolute atomic E-state index is 12.7. The topological polar surface area (TPSA) is 101 Å². The van der Waals surface area contributed by atoms with Crippen LogP contribution in [0.25, 0.3) is 11.3 Å². The Kier molecular flexibility index (Phi) is 4.02. The summed E-state index contributed by atoms with van der Waals surface area (Å²) in [5, 5.41) is 22.1. The summed E-state index contributed by atoms with van der Waals surface area (Å²) < 4.78 is 1.70. The predicted molar refractivity (Wildman–Crippen MR) is 114 cm³/mol. The molecule has 8 nitrogen and oxygen atoms in total. The minimum atomic E-state index is -0.384. The third kappa shape index (κ3) is 2.88. The third-order valence-corrected chi connectivity index (χ3v) is 5.41. The van der Waals surface area contributed by atoms with Crippen LogP contribution < -0.4 is 10.9 Å². The highest BCUT2D eigenvalue weighted by molar-refractivity contribution is 5.75. The van der Waals surface area contributed by atoms with Gasteiger partial charge in [-0.2, -0.15) is 9.78 Å². The molecule has 0 saturated heterocycles. The Morgan fingerprint density at radius 3 is 2.43 bits per heavy atom. The van der Waals surface area contributed by atoms with E-state index >= 15 is 0 Å². The Morgan fingerprint density at radius 2 is 1.73 bits per heavy atom. The molecule has 2 aromatic heterocycles. The molecular weight excluding hydrogens is 378 g/mol. The van der Waals surface area contributed by atoms with Crippen LogP contribution in [0.5, 0.6) is 0 Å². The van der Waals surface area contributed by atoms with Crippen LogP contribution in [-0.4, -0.2) is 30.4 Å². The Morgan fingerprint density at radius 1 is 1.00 bits per heavy atom. The average molecular weight is 399 g/mol. The molecule has 5 rings (SSSR count). The number of H-pyrrole nitrogens is 1. The Hall–Kier alpha value is -3.81. The van der Waals surface area contributed by atoms with E-state index in [0.717, 1.165) is 16.7 Å². The molecule has 0 saturated carbocycles. The fraction of sp³-hybridized carbons (Fsp3) is 0.227. The van der Waals surface area contributed by atoms with E-state index in [0.29, 0.717) is 17.3 Å². The van der Waals surface area contributed by atoms with Gasteiger partial charge in [0, 0.05) is 11.1 Å². The number of tetrazole rings is 1. The van der Waals surface area contributed by atoms with Crippen molar-refractivity contribution < 1.29 is 0 Å². The van der Waals surface area contributed by atoms with Crippen molar-refractivity contribution in [1.29, 1.82) is 0 Å². The summed E-state index contributed by atoms with van der Waals surface area (Å²) >= 11 is 0. The smallest absolute Gasteiger partial charge is 0.288 e. The molecule has 1 aliphatic heterocycles. The maximum Gasteiger partial charge on any atom is 0.288 e. The largest absolute Gasteiger partial charge is 0.318 e. The lowest BCUT2D eigenvalue weighted by Crippen LogP contribution is -2.29. The number of fused-ring (bicyclic) bond motifs is 2. The average Bonchev–Trinajstić information content (AvgIpc) is 3.21. The van der Waals surface area contributed by atoms with Crippen molar-refractivity contribution in [2.45, 2.75) is 32.2 Å². The van der Waals surface area contributed by atoms with Crippen molar-refractivity contribution >= 4 is 11.6 Å². The minimum absolute atomic E-state index is 0.0401. The lowest BCUT2D eigenvalue weighted by Gasteiger charge is -2.28. The Balaban J connectivity index is 1.76. The Bertz CT molecular complexity index is 1270. The van der Waals surface area contributed by atoms with Crippen LogP contribution in [-0.2, 0) is 5.41 Å². The standard InChI is InChI=1S/C22H21N7O/c1-22(2,3)15-11-9-14(10-12-15)19-16-17(13-7-5-4-6-8-13)24-25-20(30)18(16)23-21-26-27-28-29(19)21/h4-12,19H,1-3H3,(H,25,30)(H,23,26,28)/t19-/m1/s1. The second kappa shape index (κ2) is 6.62. The second-order valence-electron chi connectivity index (χ2n) is 8.40. The third-order valence-electron chi connectivity index (χ3n) is 5.41. The fourth-order valence-corrected chi connectivity index (χ4v) is 3.83. The SMILES string of the molecule is CC(C)(C)c1ccc([C@@H]2c3c(-c4ccccc4)n[nH]c(=O)c3Nc3nnnn32)cc1. The van der Waals surface area contributed by atoms with Crippen LogP contribution in [0.15, 0.2) is 59.4 Å². The number of anilines is 2. The minimum Gasteiger partial charge on any atom is -0.318 e. The highest BCUT2D eigenvalue weighted by Crippen LogP contribution is 2.41. The molecule has 0 fully saturated rings. The van der Waals surface area contributed by atoms with E-state index in [1.165, 1.54) is 5.56 Å². The molecule has 1 aliphatic rings. The summed E-state index contributed by atoms with van der Waals surface area (Å²) in [4.78, 5) is 12.7. The number of benzene rings is 2. The van der Waals surface area contributed by atoms with E-state index in [1.807, 2.05) is 30.3 Å². The summed E-state index contributed by atoms with van der Waals surface area (Å²) in [5.74, 6) is 0.420. The van der Waals surface area contributed by atoms with Crippen molar-refractivity contribution in [3.05, 3.63) is 81.6 Å². The summed E-state index contributed by atoms with van der Waals surface area (Å²) in [6.45, 7) is 6.54. The van der Waals surface area contributed by atoms with Gasteiger partial charge in [0.05, 0.1) is 5.69 Å². The van der Waals surface area contributed by atoms with Gasteiger partial charge < -0.3 is 5.32 Å². The summed E-state index contributed by atoms with van der Waals surface area (Å²) in [5.41, 5.74) is 4.68. The van der Waals surface area contributed by atoms with Crippen molar-refractivity contribution in [2.75, 3.05) is 5.32 Å². The zero-order chi connectivity index (χ0) is 20.9. The Labute approximate surface area is 173 Å². The highest BCUT2D eigenvalue weighted by atomic mass is 16.1. The number of aromatic nitrogens is 6. The first-order valence-corrected chi connectivity index (χ1v) is 9.77. The van der Waals surface area contributed by atoms with Gasteiger partial charge in [-0.05, 0) is 27.0 Å². The van der Waals surface area contributed by atoms with Crippen LogP contribution in [0.1, 0.15) is 43.5 Å². The quantitative estimate of drug-likeness (QED) is 0.472. The molecule has 1 atom stereocenters. The maximum atomic E-state index is 12.7. The van der Waals surface area contributed by atoms with E-state index in [9.17, 15) is 4.79 Å². The van der Waals surface area contributed by atoms with Gasteiger partial charge in [0.25, 0.3) is 5.56 Å². The molecule has 0 aliphatic carbocycles. The number of hydrogen-bond donors (Lipinski definition) is 2. The molecule has 4 aromatic rings. The van der Waals surface area contributed by atoms with Crippen molar-refractivity contribution in [3.8, 4) is 11.3 Å². The van der Waals surface area contributed by atoms with Gasteiger partial charge in [-0.1, -0.05) is 80.5 Å². The first-order valence-electron chi connectivity index (χ1n) is 9.77. The summed E-state index contributed by atoms with van der Waals surface area (Å²) in [6, 6.07) is 17.8. The normalized spacial score (nSPS) is 15.2. The molecule has 0 spiro atoms. The van der Waals surface area contributed by atoms with Gasteiger partial charge in [0.15, 0.2) is 0 Å². The monoisotopic (exact) mass is 399 g/mol. The lowest BCUT2D eigenvalue weighted by molar-refractivity contribution is 0.564. The zero-order valence-electron chi connectivity index (χ0n) is 16.9. The van der Waals surface area contributed by atoms with Gasteiger partial charge in [0.1, 0.15) is 11.7 Å². The van der Waals surface area contributed by atoms with Crippen LogP contribution in [0, 0.1) is 0 Å². The first-order chi connectivity index (χ1) is 14.4.